The second kappa shape index (κ2) is 14.5. The highest BCUT2D eigenvalue weighted by atomic mass is 16.3. The largest absolute Gasteiger partial charge is 0.456 e. The van der Waals surface area contributed by atoms with Gasteiger partial charge < -0.3 is 8.83 Å². The van der Waals surface area contributed by atoms with Crippen LogP contribution >= 0.6 is 0 Å². The predicted octanol–water partition coefficient (Wildman–Crippen LogP) is 18.3. The Balaban J connectivity index is 0.863. The van der Waals surface area contributed by atoms with E-state index in [0.717, 1.165) is 49.4 Å². The van der Waals surface area contributed by atoms with Gasteiger partial charge in [0, 0.05) is 21.5 Å². The van der Waals surface area contributed by atoms with Crippen LogP contribution in [0, 0.1) is 0 Å². The zero-order valence-corrected chi connectivity index (χ0v) is 37.4. The molecule has 2 heterocycles. The lowest BCUT2D eigenvalue weighted by molar-refractivity contribution is 0.664. The molecule has 14 aromatic rings. The molecular weight excluding hydrogens is 837 g/mol. The van der Waals surface area contributed by atoms with Crippen molar-refractivity contribution in [3.63, 3.8) is 0 Å². The second-order valence-corrected chi connectivity index (χ2v) is 18.7. The Hall–Kier alpha value is -8.98. The van der Waals surface area contributed by atoms with Crippen LogP contribution in [-0.2, 0) is 5.41 Å². The Morgan fingerprint density at radius 2 is 0.638 bits per heavy atom. The fraction of sp³-hybridized carbons (Fsp3) is 0.0149. The zero-order valence-electron chi connectivity index (χ0n) is 37.4. The quantitative estimate of drug-likeness (QED) is 0.161. The molecule has 2 heteroatoms. The van der Waals surface area contributed by atoms with Crippen molar-refractivity contribution < 1.29 is 8.83 Å². The SMILES string of the molecule is c1ccc(C2(c3ccccc3)c3ccccc3-c3ccc(-c4ccc5c6ccc(-c7ccccc7-c7ccc8oc9cc%10c(cc9c8c7)oc7ccccc7%10)cc6c6ccccc6c5c4)cc32)cc1. The van der Waals surface area contributed by atoms with Crippen LogP contribution in [0.25, 0.3) is 121 Å². The number of furan rings is 2. The maximum atomic E-state index is 6.47. The van der Waals surface area contributed by atoms with Crippen LogP contribution in [0.2, 0.25) is 0 Å². The lowest BCUT2D eigenvalue weighted by Crippen LogP contribution is -2.28. The molecule has 0 atom stereocenters. The number of rotatable bonds is 5. The minimum absolute atomic E-state index is 0.454. The smallest absolute Gasteiger partial charge is 0.136 e. The van der Waals surface area contributed by atoms with Gasteiger partial charge in [0.15, 0.2) is 0 Å². The highest BCUT2D eigenvalue weighted by molar-refractivity contribution is 6.26. The first-order chi connectivity index (χ1) is 34.2. The molecule has 2 aromatic heterocycles. The third kappa shape index (κ3) is 5.49. The van der Waals surface area contributed by atoms with Crippen LogP contribution in [0.3, 0.4) is 0 Å². The monoisotopic (exact) mass is 876 g/mol. The van der Waals surface area contributed by atoms with Crippen LogP contribution in [0.1, 0.15) is 22.3 Å². The van der Waals surface area contributed by atoms with E-state index in [9.17, 15) is 0 Å². The van der Waals surface area contributed by atoms with E-state index in [4.69, 9.17) is 8.83 Å². The molecule has 12 aromatic carbocycles. The van der Waals surface area contributed by atoms with E-state index < -0.39 is 5.41 Å². The van der Waals surface area contributed by atoms with Crippen LogP contribution in [0.15, 0.2) is 251 Å². The molecular formula is C67H40O2. The van der Waals surface area contributed by atoms with Gasteiger partial charge in [-0.1, -0.05) is 194 Å². The van der Waals surface area contributed by atoms with Gasteiger partial charge in [-0.25, -0.2) is 0 Å². The molecule has 0 N–H and O–H groups in total. The summed E-state index contributed by atoms with van der Waals surface area (Å²) in [6, 6.07) is 89.1. The maximum Gasteiger partial charge on any atom is 0.136 e. The Bertz CT molecular complexity index is 4360. The Kier molecular flexibility index (Phi) is 8.02. The van der Waals surface area contributed by atoms with E-state index in [0.29, 0.717) is 0 Å². The molecule has 0 saturated carbocycles. The number of hydrogen-bond donors (Lipinski definition) is 0. The molecule has 0 aliphatic heterocycles. The van der Waals surface area contributed by atoms with Gasteiger partial charge in [-0.05, 0) is 148 Å². The predicted molar refractivity (Wildman–Crippen MR) is 287 cm³/mol. The molecule has 0 bridgehead atoms. The molecule has 1 aliphatic rings. The minimum atomic E-state index is -0.454. The Morgan fingerprint density at radius 3 is 1.30 bits per heavy atom. The molecule has 0 saturated heterocycles. The van der Waals surface area contributed by atoms with E-state index in [1.165, 1.54) is 93.5 Å². The average molecular weight is 877 g/mol. The van der Waals surface area contributed by atoms with Gasteiger partial charge in [-0.15, -0.1) is 0 Å². The van der Waals surface area contributed by atoms with Crippen molar-refractivity contribution in [2.24, 2.45) is 0 Å². The molecule has 0 amide bonds. The van der Waals surface area contributed by atoms with Gasteiger partial charge in [-0.2, -0.15) is 0 Å². The number of benzene rings is 12. The molecule has 0 unspecified atom stereocenters. The molecule has 320 valence electrons. The molecule has 0 spiro atoms. The summed E-state index contributed by atoms with van der Waals surface area (Å²) >= 11 is 0. The van der Waals surface area contributed by atoms with Crippen molar-refractivity contribution in [1.82, 2.24) is 0 Å². The van der Waals surface area contributed by atoms with Crippen molar-refractivity contribution in [3.05, 3.63) is 265 Å². The summed E-state index contributed by atoms with van der Waals surface area (Å²) in [6.07, 6.45) is 0. The van der Waals surface area contributed by atoms with Crippen molar-refractivity contribution in [2.75, 3.05) is 0 Å². The van der Waals surface area contributed by atoms with E-state index in [-0.39, 0.29) is 0 Å². The van der Waals surface area contributed by atoms with Gasteiger partial charge in [0.25, 0.3) is 0 Å². The molecule has 0 fully saturated rings. The van der Waals surface area contributed by atoms with Crippen LogP contribution in [0.4, 0.5) is 0 Å². The van der Waals surface area contributed by atoms with Crippen LogP contribution < -0.4 is 0 Å². The fourth-order valence-electron chi connectivity index (χ4n) is 12.1. The van der Waals surface area contributed by atoms with Gasteiger partial charge >= 0.3 is 0 Å². The van der Waals surface area contributed by atoms with Crippen LogP contribution in [-0.4, -0.2) is 0 Å². The lowest BCUT2D eigenvalue weighted by Gasteiger charge is -2.34. The number of hydrogen-bond acceptors (Lipinski definition) is 2. The van der Waals surface area contributed by atoms with Crippen LogP contribution in [0.5, 0.6) is 0 Å². The van der Waals surface area contributed by atoms with E-state index >= 15 is 0 Å². The van der Waals surface area contributed by atoms with E-state index in [2.05, 4.69) is 231 Å². The van der Waals surface area contributed by atoms with Gasteiger partial charge in [0.2, 0.25) is 0 Å². The Labute approximate surface area is 397 Å². The summed E-state index contributed by atoms with van der Waals surface area (Å²) in [5.74, 6) is 0. The van der Waals surface area contributed by atoms with Crippen molar-refractivity contribution >= 4 is 76.2 Å². The van der Waals surface area contributed by atoms with Crippen molar-refractivity contribution in [2.45, 2.75) is 5.41 Å². The average Bonchev–Trinajstić information content (AvgIpc) is 4.07. The highest BCUT2D eigenvalue weighted by Gasteiger charge is 2.46. The fourth-order valence-corrected chi connectivity index (χ4v) is 12.1. The third-order valence-electron chi connectivity index (χ3n) is 15.1. The maximum absolute atomic E-state index is 6.47. The minimum Gasteiger partial charge on any atom is -0.456 e. The molecule has 15 rings (SSSR count). The summed E-state index contributed by atoms with van der Waals surface area (Å²) in [7, 11) is 0. The van der Waals surface area contributed by atoms with Crippen molar-refractivity contribution in [3.8, 4) is 44.5 Å². The Morgan fingerprint density at radius 1 is 0.217 bits per heavy atom. The summed E-state index contributed by atoms with van der Waals surface area (Å²) in [4.78, 5) is 0. The first-order valence-electron chi connectivity index (χ1n) is 23.8. The zero-order chi connectivity index (χ0) is 45.2. The summed E-state index contributed by atoms with van der Waals surface area (Å²) in [6.45, 7) is 0. The normalized spacial score (nSPS) is 13.0. The standard InChI is InChI=1S/C67H40O2/c1-3-15-45(16-4-1)67(46-17-5-2-6-18-46)61-25-13-11-23-53(61)54-33-28-42(38-62(54)67)41-27-31-51-52-32-29-43(36-57(52)50-22-10-9-21-49(50)56(51)35-41)47-19-7-8-20-48(47)44-30-34-64-58(37-44)60-40-65-59(39-66(60)69-64)55-24-12-14-26-63(55)68-65/h1-40H. The number of fused-ring (bicyclic) bond motifs is 15. The first-order valence-corrected chi connectivity index (χ1v) is 23.8. The number of para-hydroxylation sites is 1. The van der Waals surface area contributed by atoms with E-state index in [1.807, 2.05) is 12.1 Å². The van der Waals surface area contributed by atoms with E-state index in [1.54, 1.807) is 0 Å². The van der Waals surface area contributed by atoms with Gasteiger partial charge in [0.1, 0.15) is 22.3 Å². The third-order valence-corrected chi connectivity index (χ3v) is 15.1. The summed E-state index contributed by atoms with van der Waals surface area (Å²) in [5.41, 5.74) is 17.9. The highest BCUT2D eigenvalue weighted by Crippen LogP contribution is 2.57. The molecule has 0 radical (unpaired) electrons. The molecule has 1 aliphatic carbocycles. The van der Waals surface area contributed by atoms with Gasteiger partial charge in [-0.3, -0.25) is 0 Å². The first kappa shape index (κ1) is 38.2. The summed E-state index contributed by atoms with van der Waals surface area (Å²) < 4.78 is 12.8. The summed E-state index contributed by atoms with van der Waals surface area (Å²) in [5, 5.41) is 11.8. The molecule has 69 heavy (non-hydrogen) atoms. The lowest BCUT2D eigenvalue weighted by atomic mass is 9.67. The topological polar surface area (TPSA) is 26.3 Å². The molecule has 2 nitrogen and oxygen atoms in total. The van der Waals surface area contributed by atoms with Crippen molar-refractivity contribution in [1.29, 1.82) is 0 Å². The second-order valence-electron chi connectivity index (χ2n) is 18.7. The van der Waals surface area contributed by atoms with Gasteiger partial charge in [0.05, 0.1) is 5.41 Å².